The summed E-state index contributed by atoms with van der Waals surface area (Å²) in [4.78, 5) is 28.2. The Morgan fingerprint density at radius 1 is 1.08 bits per heavy atom. The number of halogens is 1. The highest BCUT2D eigenvalue weighted by atomic mass is 19.1. The molecule has 0 spiro atoms. The van der Waals surface area contributed by atoms with E-state index in [4.69, 9.17) is 9.72 Å². The number of hydrogen-bond acceptors (Lipinski definition) is 7. The third-order valence-electron chi connectivity index (χ3n) is 7.51. The Morgan fingerprint density at radius 3 is 2.82 bits per heavy atom. The van der Waals surface area contributed by atoms with E-state index >= 15 is 0 Å². The summed E-state index contributed by atoms with van der Waals surface area (Å²) in [6.07, 6.45) is 6.14. The van der Waals surface area contributed by atoms with Crippen LogP contribution in [0.25, 0.3) is 22.0 Å². The lowest BCUT2D eigenvalue weighted by Crippen LogP contribution is -2.38. The van der Waals surface area contributed by atoms with Crippen LogP contribution in [-0.4, -0.2) is 53.2 Å². The SMILES string of the molecule is Cc1ccc2c(N3CCC(CF)C3=O)cccc2c1Oc1ncccc1-c1ccnc(NC2CCCNC2)n1. The van der Waals surface area contributed by atoms with Crippen molar-refractivity contribution in [3.8, 4) is 22.9 Å². The normalized spacial score (nSPS) is 19.4. The lowest BCUT2D eigenvalue weighted by molar-refractivity contribution is -0.120. The number of carbonyl (C=O) groups is 1. The molecule has 2 atom stereocenters. The fourth-order valence-corrected chi connectivity index (χ4v) is 5.41. The standard InChI is InChI=1S/C30H31FN6O2/c1-19-9-10-22-23(6-2-8-26(22)37-16-12-20(17-31)29(37)38)27(19)39-28-24(7-4-14-33-28)25-11-15-34-30(36-25)35-21-5-3-13-32-18-21/h2,4,6-11,14-15,20-21,32H,3,5,12-13,16-18H2,1H3,(H,34,35,36). The summed E-state index contributed by atoms with van der Waals surface area (Å²) in [5, 5.41) is 8.57. The number of nitrogens with one attached hydrogen (secondary N) is 2. The van der Waals surface area contributed by atoms with E-state index in [1.165, 1.54) is 0 Å². The first-order chi connectivity index (χ1) is 19.1. The van der Waals surface area contributed by atoms with Gasteiger partial charge in [0.2, 0.25) is 17.7 Å². The van der Waals surface area contributed by atoms with Crippen molar-refractivity contribution in [1.29, 1.82) is 0 Å². The van der Waals surface area contributed by atoms with E-state index in [0.29, 0.717) is 36.2 Å². The van der Waals surface area contributed by atoms with Gasteiger partial charge in [0.15, 0.2) is 0 Å². The largest absolute Gasteiger partial charge is 0.437 e. The molecule has 0 aliphatic carbocycles. The Balaban J connectivity index is 1.34. The van der Waals surface area contributed by atoms with Gasteiger partial charge < -0.3 is 20.3 Å². The molecule has 0 saturated carbocycles. The molecule has 4 heterocycles. The Hall–Kier alpha value is -4.11. The van der Waals surface area contributed by atoms with Crippen LogP contribution in [0.15, 0.2) is 60.9 Å². The molecule has 2 unspecified atom stereocenters. The van der Waals surface area contributed by atoms with Crippen molar-refractivity contribution in [3.63, 3.8) is 0 Å². The van der Waals surface area contributed by atoms with E-state index in [9.17, 15) is 9.18 Å². The van der Waals surface area contributed by atoms with E-state index in [2.05, 4.69) is 20.6 Å². The topological polar surface area (TPSA) is 92.3 Å². The lowest BCUT2D eigenvalue weighted by Gasteiger charge is -2.23. The van der Waals surface area contributed by atoms with Gasteiger partial charge in [-0.25, -0.2) is 15.0 Å². The molecule has 2 aliphatic rings. The number of fused-ring (bicyclic) bond motifs is 1. The highest BCUT2D eigenvalue weighted by Gasteiger charge is 2.33. The molecule has 0 bridgehead atoms. The van der Waals surface area contributed by atoms with Gasteiger partial charge in [-0.15, -0.1) is 0 Å². The number of piperidine rings is 1. The van der Waals surface area contributed by atoms with E-state index in [0.717, 1.165) is 53.5 Å². The maximum absolute atomic E-state index is 13.3. The number of nitrogens with zero attached hydrogens (tertiary/aromatic N) is 4. The second-order valence-electron chi connectivity index (χ2n) is 10.1. The highest BCUT2D eigenvalue weighted by Crippen LogP contribution is 2.40. The minimum Gasteiger partial charge on any atom is -0.437 e. The van der Waals surface area contributed by atoms with Crippen molar-refractivity contribution >= 4 is 28.3 Å². The Morgan fingerprint density at radius 2 is 2.00 bits per heavy atom. The molecule has 2 fully saturated rings. The van der Waals surface area contributed by atoms with Crippen molar-refractivity contribution in [1.82, 2.24) is 20.3 Å². The monoisotopic (exact) mass is 526 g/mol. The predicted octanol–water partition coefficient (Wildman–Crippen LogP) is 5.28. The lowest BCUT2D eigenvalue weighted by atomic mass is 10.0. The molecule has 39 heavy (non-hydrogen) atoms. The number of rotatable bonds is 7. The average molecular weight is 527 g/mol. The number of carbonyl (C=O) groups excluding carboxylic acids is 1. The summed E-state index contributed by atoms with van der Waals surface area (Å²) in [7, 11) is 0. The van der Waals surface area contributed by atoms with E-state index in [1.807, 2.05) is 55.5 Å². The zero-order chi connectivity index (χ0) is 26.8. The smallest absolute Gasteiger partial charge is 0.232 e. The number of aryl methyl sites for hydroxylation is 1. The van der Waals surface area contributed by atoms with Gasteiger partial charge in [0.05, 0.1) is 22.9 Å². The Labute approximate surface area is 226 Å². The van der Waals surface area contributed by atoms with Crippen LogP contribution in [0.1, 0.15) is 24.8 Å². The molecule has 6 rings (SSSR count). The Kier molecular flexibility index (Phi) is 7.06. The summed E-state index contributed by atoms with van der Waals surface area (Å²) < 4.78 is 19.9. The highest BCUT2D eigenvalue weighted by molar-refractivity contribution is 6.07. The number of amides is 1. The third kappa shape index (κ3) is 5.02. The van der Waals surface area contributed by atoms with Gasteiger partial charge in [0.25, 0.3) is 0 Å². The fourth-order valence-electron chi connectivity index (χ4n) is 5.41. The molecule has 1 amide bonds. The number of alkyl halides is 1. The fraction of sp³-hybridized carbons (Fsp3) is 0.333. The number of hydrogen-bond donors (Lipinski definition) is 2. The minimum absolute atomic E-state index is 0.169. The number of aromatic nitrogens is 3. The van der Waals surface area contributed by atoms with Crippen molar-refractivity contribution in [2.24, 2.45) is 5.92 Å². The summed E-state index contributed by atoms with van der Waals surface area (Å²) >= 11 is 0. The van der Waals surface area contributed by atoms with Crippen LogP contribution < -0.4 is 20.3 Å². The molecule has 9 heteroatoms. The molecule has 2 aliphatic heterocycles. The van der Waals surface area contributed by atoms with E-state index in [-0.39, 0.29) is 11.9 Å². The Bertz CT molecular complexity index is 1510. The van der Waals surface area contributed by atoms with Gasteiger partial charge in [-0.1, -0.05) is 24.3 Å². The molecule has 2 saturated heterocycles. The number of anilines is 2. The summed E-state index contributed by atoms with van der Waals surface area (Å²) in [6, 6.07) is 15.7. The van der Waals surface area contributed by atoms with Crippen molar-refractivity contribution in [2.75, 3.05) is 36.5 Å². The van der Waals surface area contributed by atoms with Gasteiger partial charge in [0, 0.05) is 42.3 Å². The molecule has 4 aromatic rings. The van der Waals surface area contributed by atoms with Crippen LogP contribution in [0.3, 0.4) is 0 Å². The van der Waals surface area contributed by atoms with Gasteiger partial charge in [-0.3, -0.25) is 9.18 Å². The van der Waals surface area contributed by atoms with E-state index in [1.54, 1.807) is 17.3 Å². The second kappa shape index (κ2) is 10.9. The van der Waals surface area contributed by atoms with Gasteiger partial charge in [0.1, 0.15) is 12.4 Å². The van der Waals surface area contributed by atoms with Crippen LogP contribution >= 0.6 is 0 Å². The van der Waals surface area contributed by atoms with Crippen LogP contribution in [0.5, 0.6) is 11.6 Å². The first kappa shape index (κ1) is 25.2. The predicted molar refractivity (Wildman–Crippen MR) is 150 cm³/mol. The number of ether oxygens (including phenoxy) is 1. The average Bonchev–Trinajstić information content (AvgIpc) is 3.35. The minimum atomic E-state index is -0.631. The van der Waals surface area contributed by atoms with E-state index < -0.39 is 12.6 Å². The summed E-state index contributed by atoms with van der Waals surface area (Å²) in [5.41, 5.74) is 3.15. The zero-order valence-electron chi connectivity index (χ0n) is 21.9. The van der Waals surface area contributed by atoms with Gasteiger partial charge in [-0.2, -0.15) is 0 Å². The zero-order valence-corrected chi connectivity index (χ0v) is 21.9. The first-order valence-corrected chi connectivity index (χ1v) is 13.5. The number of pyridine rings is 1. The summed E-state index contributed by atoms with van der Waals surface area (Å²) in [5.74, 6) is 0.918. The van der Waals surface area contributed by atoms with Gasteiger partial charge in [-0.05, 0) is 62.6 Å². The first-order valence-electron chi connectivity index (χ1n) is 13.5. The van der Waals surface area contributed by atoms with Crippen molar-refractivity contribution in [2.45, 2.75) is 32.2 Å². The number of benzene rings is 2. The van der Waals surface area contributed by atoms with Crippen LogP contribution in [0.2, 0.25) is 0 Å². The quantitative estimate of drug-likeness (QED) is 0.339. The molecule has 200 valence electrons. The second-order valence-corrected chi connectivity index (χ2v) is 10.1. The third-order valence-corrected chi connectivity index (χ3v) is 7.51. The molecule has 0 radical (unpaired) electrons. The van der Waals surface area contributed by atoms with Crippen molar-refractivity contribution in [3.05, 3.63) is 66.5 Å². The van der Waals surface area contributed by atoms with Gasteiger partial charge >= 0.3 is 0 Å². The van der Waals surface area contributed by atoms with Crippen LogP contribution in [0, 0.1) is 12.8 Å². The maximum Gasteiger partial charge on any atom is 0.232 e. The van der Waals surface area contributed by atoms with Crippen LogP contribution in [-0.2, 0) is 4.79 Å². The maximum atomic E-state index is 13.3. The molecule has 2 N–H and O–H groups in total. The molecule has 8 nitrogen and oxygen atoms in total. The summed E-state index contributed by atoms with van der Waals surface area (Å²) in [6.45, 7) is 3.77. The van der Waals surface area contributed by atoms with Crippen molar-refractivity contribution < 1.29 is 13.9 Å². The molecule has 2 aromatic carbocycles. The molecular weight excluding hydrogens is 495 g/mol. The van der Waals surface area contributed by atoms with Crippen LogP contribution in [0.4, 0.5) is 16.0 Å². The molecular formula is C30H31FN6O2. The molecule has 2 aromatic heterocycles.